The van der Waals surface area contributed by atoms with Crippen LogP contribution in [0.3, 0.4) is 0 Å². The first-order valence-electron chi connectivity index (χ1n) is 8.52. The van der Waals surface area contributed by atoms with Crippen molar-refractivity contribution in [1.29, 1.82) is 0 Å². The zero-order valence-corrected chi connectivity index (χ0v) is 16.1. The van der Waals surface area contributed by atoms with E-state index in [4.69, 9.17) is 0 Å². The number of hydrogen-bond acceptors (Lipinski definition) is 7. The molecule has 4 rings (SSSR count). The van der Waals surface area contributed by atoms with Crippen LogP contribution in [0.15, 0.2) is 6.20 Å². The average molecular weight is 390 g/mol. The Kier molecular flexibility index (Phi) is 4.22. The zero-order valence-electron chi connectivity index (χ0n) is 15.2. The third-order valence-corrected chi connectivity index (χ3v) is 6.19. The van der Waals surface area contributed by atoms with Crippen molar-refractivity contribution < 1.29 is 14.0 Å². The molecule has 0 saturated carbocycles. The molecule has 0 bridgehead atoms. The molecule has 0 unspecified atom stereocenters. The molecule has 142 valence electrons. The molecule has 2 amide bonds. The van der Waals surface area contributed by atoms with E-state index >= 15 is 0 Å². The second kappa shape index (κ2) is 6.45. The SMILES string of the molecule is CNc1nc(N2CCc3c(sc4c3C(=O)N(C)CC(=O)N4C)C2)ncc1F. The fraction of sp³-hybridized carbons (Fsp3) is 0.412. The maximum atomic E-state index is 13.6. The number of nitrogens with one attached hydrogen (secondary N) is 1. The number of fused-ring (bicyclic) bond motifs is 3. The van der Waals surface area contributed by atoms with Gasteiger partial charge >= 0.3 is 0 Å². The van der Waals surface area contributed by atoms with Crippen molar-refractivity contribution in [3.63, 3.8) is 0 Å². The van der Waals surface area contributed by atoms with Crippen molar-refractivity contribution in [2.24, 2.45) is 0 Å². The van der Waals surface area contributed by atoms with Gasteiger partial charge in [0.1, 0.15) is 11.5 Å². The topological polar surface area (TPSA) is 81.7 Å². The Hall–Kier alpha value is -2.75. The van der Waals surface area contributed by atoms with Gasteiger partial charge in [-0.05, 0) is 12.0 Å². The summed E-state index contributed by atoms with van der Waals surface area (Å²) in [5.74, 6) is -0.155. The summed E-state index contributed by atoms with van der Waals surface area (Å²) in [4.78, 5) is 39.4. The summed E-state index contributed by atoms with van der Waals surface area (Å²) in [6, 6.07) is 0. The van der Waals surface area contributed by atoms with E-state index in [0.29, 0.717) is 36.0 Å². The van der Waals surface area contributed by atoms with Crippen LogP contribution >= 0.6 is 11.3 Å². The fourth-order valence-electron chi connectivity index (χ4n) is 3.39. The minimum Gasteiger partial charge on any atom is -0.371 e. The molecule has 8 nitrogen and oxygen atoms in total. The van der Waals surface area contributed by atoms with E-state index in [2.05, 4.69) is 15.3 Å². The van der Waals surface area contributed by atoms with E-state index in [1.165, 1.54) is 16.2 Å². The second-order valence-electron chi connectivity index (χ2n) is 6.59. The molecule has 10 heteroatoms. The highest BCUT2D eigenvalue weighted by Gasteiger charge is 2.35. The van der Waals surface area contributed by atoms with E-state index in [1.807, 2.05) is 4.90 Å². The monoisotopic (exact) mass is 390 g/mol. The molecular weight excluding hydrogens is 371 g/mol. The number of aromatic nitrogens is 2. The largest absolute Gasteiger partial charge is 0.371 e. The Labute approximate surface area is 159 Å². The molecule has 4 heterocycles. The summed E-state index contributed by atoms with van der Waals surface area (Å²) in [6.07, 6.45) is 1.79. The molecule has 2 aromatic heterocycles. The molecule has 0 spiro atoms. The van der Waals surface area contributed by atoms with Crippen molar-refractivity contribution in [3.8, 4) is 0 Å². The van der Waals surface area contributed by atoms with Crippen molar-refractivity contribution in [3.05, 3.63) is 28.0 Å². The van der Waals surface area contributed by atoms with Gasteiger partial charge in [0.2, 0.25) is 11.9 Å². The highest BCUT2D eigenvalue weighted by atomic mass is 32.1. The third kappa shape index (κ3) is 2.80. The summed E-state index contributed by atoms with van der Waals surface area (Å²) in [6.45, 7) is 1.20. The normalized spacial score (nSPS) is 17.0. The number of carbonyl (C=O) groups is 2. The molecule has 27 heavy (non-hydrogen) atoms. The summed E-state index contributed by atoms with van der Waals surface area (Å²) < 4.78 is 13.6. The number of thiophene rings is 1. The predicted molar refractivity (Wildman–Crippen MR) is 101 cm³/mol. The summed E-state index contributed by atoms with van der Waals surface area (Å²) in [5.41, 5.74) is 1.61. The van der Waals surface area contributed by atoms with Crippen LogP contribution < -0.4 is 15.1 Å². The Balaban J connectivity index is 1.71. The molecule has 0 aromatic carbocycles. The minimum atomic E-state index is -0.504. The van der Waals surface area contributed by atoms with E-state index in [9.17, 15) is 14.0 Å². The first kappa shape index (κ1) is 17.7. The van der Waals surface area contributed by atoms with Crippen LogP contribution in [0, 0.1) is 5.82 Å². The first-order chi connectivity index (χ1) is 12.9. The zero-order chi connectivity index (χ0) is 19.3. The highest BCUT2D eigenvalue weighted by molar-refractivity contribution is 7.17. The van der Waals surface area contributed by atoms with Gasteiger partial charge in [-0.2, -0.15) is 4.98 Å². The molecule has 2 aliphatic heterocycles. The van der Waals surface area contributed by atoms with E-state index in [0.717, 1.165) is 16.6 Å². The van der Waals surface area contributed by atoms with Crippen molar-refractivity contribution in [2.45, 2.75) is 13.0 Å². The summed E-state index contributed by atoms with van der Waals surface area (Å²) in [7, 11) is 4.96. The van der Waals surface area contributed by atoms with E-state index in [-0.39, 0.29) is 24.2 Å². The Morgan fingerprint density at radius 1 is 1.26 bits per heavy atom. The smallest absolute Gasteiger partial charge is 0.257 e. The maximum Gasteiger partial charge on any atom is 0.257 e. The Morgan fingerprint density at radius 3 is 2.78 bits per heavy atom. The average Bonchev–Trinajstić information content (AvgIpc) is 3.02. The third-order valence-electron chi connectivity index (χ3n) is 4.90. The number of hydrogen-bond donors (Lipinski definition) is 1. The molecule has 0 atom stereocenters. The Bertz CT molecular complexity index is 946. The van der Waals surface area contributed by atoms with Gasteiger partial charge in [0.15, 0.2) is 11.6 Å². The molecule has 2 aliphatic rings. The number of carbonyl (C=O) groups excluding carboxylic acids is 2. The van der Waals surface area contributed by atoms with Crippen LogP contribution in [0.25, 0.3) is 0 Å². The van der Waals surface area contributed by atoms with Gasteiger partial charge in [-0.3, -0.25) is 9.59 Å². The van der Waals surface area contributed by atoms with Crippen molar-refractivity contribution in [1.82, 2.24) is 14.9 Å². The van der Waals surface area contributed by atoms with E-state index < -0.39 is 5.82 Å². The van der Waals surface area contributed by atoms with Gasteiger partial charge in [-0.1, -0.05) is 0 Å². The van der Waals surface area contributed by atoms with Gasteiger partial charge in [0.25, 0.3) is 5.91 Å². The Morgan fingerprint density at radius 2 is 2.04 bits per heavy atom. The van der Waals surface area contributed by atoms with Gasteiger partial charge in [-0.25, -0.2) is 9.37 Å². The van der Waals surface area contributed by atoms with Crippen LogP contribution in [0.1, 0.15) is 20.8 Å². The minimum absolute atomic E-state index is 0.0772. The van der Waals surface area contributed by atoms with Crippen LogP contribution in [-0.2, 0) is 17.8 Å². The van der Waals surface area contributed by atoms with Gasteiger partial charge < -0.3 is 20.0 Å². The standard InChI is InChI=1S/C17H19FN6O2S/c1-19-14-10(18)6-20-17(21-14)24-5-4-9-11(7-24)27-16-13(9)15(26)22(2)8-12(25)23(16)3/h6H,4-5,7-8H2,1-3H3,(H,19,20,21). The van der Waals surface area contributed by atoms with E-state index in [1.54, 1.807) is 26.0 Å². The molecule has 0 aliphatic carbocycles. The van der Waals surface area contributed by atoms with Crippen LogP contribution in [-0.4, -0.2) is 60.9 Å². The fourth-order valence-corrected chi connectivity index (χ4v) is 4.72. The lowest BCUT2D eigenvalue weighted by Crippen LogP contribution is -2.36. The lowest BCUT2D eigenvalue weighted by atomic mass is 10.0. The highest BCUT2D eigenvalue weighted by Crippen LogP contribution is 2.41. The molecule has 0 saturated heterocycles. The predicted octanol–water partition coefficient (Wildman–Crippen LogP) is 1.33. The first-order valence-corrected chi connectivity index (χ1v) is 9.34. The van der Waals surface area contributed by atoms with Crippen LogP contribution in [0.2, 0.25) is 0 Å². The number of halogens is 1. The van der Waals surface area contributed by atoms with Gasteiger partial charge in [0, 0.05) is 32.6 Å². The molecule has 2 aromatic rings. The molecular formula is C17H19FN6O2S. The number of anilines is 3. The summed E-state index contributed by atoms with van der Waals surface area (Å²) >= 11 is 1.45. The van der Waals surface area contributed by atoms with Crippen molar-refractivity contribution in [2.75, 3.05) is 49.3 Å². The lowest BCUT2D eigenvalue weighted by Gasteiger charge is -2.27. The van der Waals surface area contributed by atoms with Crippen LogP contribution in [0.5, 0.6) is 0 Å². The molecule has 0 fully saturated rings. The number of nitrogens with zero attached hydrogens (tertiary/aromatic N) is 5. The summed E-state index contributed by atoms with van der Waals surface area (Å²) in [5, 5.41) is 3.41. The maximum absolute atomic E-state index is 13.6. The van der Waals surface area contributed by atoms with Crippen LogP contribution in [0.4, 0.5) is 21.2 Å². The quantitative estimate of drug-likeness (QED) is 0.833. The number of rotatable bonds is 2. The van der Waals surface area contributed by atoms with Gasteiger partial charge in [0.05, 0.1) is 18.3 Å². The lowest BCUT2D eigenvalue weighted by molar-refractivity contribution is -0.118. The number of likely N-dealkylation sites (N-methyl/N-ethyl adjacent to an activating group) is 2. The molecule has 0 radical (unpaired) electrons. The second-order valence-corrected chi connectivity index (χ2v) is 7.67. The molecule has 1 N–H and O–H groups in total. The van der Waals surface area contributed by atoms with Crippen molar-refractivity contribution >= 4 is 39.9 Å². The van der Waals surface area contributed by atoms with Gasteiger partial charge in [-0.15, -0.1) is 11.3 Å². The number of amides is 2.